The summed E-state index contributed by atoms with van der Waals surface area (Å²) in [5.74, 6) is 2.63. The van der Waals surface area contributed by atoms with Crippen LogP contribution in [0.25, 0.3) is 0 Å². The van der Waals surface area contributed by atoms with Gasteiger partial charge in [0.25, 0.3) is 0 Å². The number of aryl methyl sites for hydroxylation is 1. The molecule has 17 heavy (non-hydrogen) atoms. The SMILES string of the molecule is c1cc2c(cc1CCC1CCCNC1)OCO2. The molecule has 3 heteroatoms. The number of piperidine rings is 1. The summed E-state index contributed by atoms with van der Waals surface area (Å²) < 4.78 is 10.7. The van der Waals surface area contributed by atoms with E-state index in [-0.39, 0.29) is 0 Å². The highest BCUT2D eigenvalue weighted by Gasteiger charge is 2.15. The molecule has 1 aromatic rings. The van der Waals surface area contributed by atoms with Crippen LogP contribution in [0, 0.1) is 5.92 Å². The Morgan fingerprint density at radius 2 is 2.18 bits per heavy atom. The molecular weight excluding hydrogens is 214 g/mol. The molecule has 3 nitrogen and oxygen atoms in total. The molecule has 1 atom stereocenters. The summed E-state index contributed by atoms with van der Waals surface area (Å²) in [6.07, 6.45) is 5.11. The summed E-state index contributed by atoms with van der Waals surface area (Å²) in [7, 11) is 0. The Balaban J connectivity index is 1.57. The van der Waals surface area contributed by atoms with Gasteiger partial charge in [-0.3, -0.25) is 0 Å². The van der Waals surface area contributed by atoms with Gasteiger partial charge in [-0.05, 0) is 62.4 Å². The minimum atomic E-state index is 0.366. The normalized spacial score (nSPS) is 22.7. The van der Waals surface area contributed by atoms with Gasteiger partial charge in [-0.2, -0.15) is 0 Å². The van der Waals surface area contributed by atoms with E-state index >= 15 is 0 Å². The number of hydrogen-bond acceptors (Lipinski definition) is 3. The maximum atomic E-state index is 5.40. The summed E-state index contributed by atoms with van der Waals surface area (Å²) in [6, 6.07) is 6.30. The van der Waals surface area contributed by atoms with Crippen LogP contribution in [0.5, 0.6) is 11.5 Å². The Kier molecular flexibility index (Phi) is 3.18. The van der Waals surface area contributed by atoms with Gasteiger partial charge in [0.2, 0.25) is 6.79 Å². The average molecular weight is 233 g/mol. The average Bonchev–Trinajstić information content (AvgIpc) is 2.85. The molecule has 1 saturated heterocycles. The van der Waals surface area contributed by atoms with Crippen LogP contribution < -0.4 is 14.8 Å². The van der Waals surface area contributed by atoms with Crippen molar-refractivity contribution >= 4 is 0 Å². The molecule has 0 aliphatic carbocycles. The summed E-state index contributed by atoms with van der Waals surface area (Å²) in [4.78, 5) is 0. The number of rotatable bonds is 3. The van der Waals surface area contributed by atoms with Gasteiger partial charge in [0.1, 0.15) is 0 Å². The molecular formula is C14H19NO2. The van der Waals surface area contributed by atoms with E-state index in [1.807, 2.05) is 6.07 Å². The smallest absolute Gasteiger partial charge is 0.231 e. The molecule has 1 aromatic carbocycles. The first-order chi connectivity index (χ1) is 8.42. The number of benzene rings is 1. The van der Waals surface area contributed by atoms with Crippen LogP contribution in [0.4, 0.5) is 0 Å². The molecule has 0 aromatic heterocycles. The van der Waals surface area contributed by atoms with Gasteiger partial charge in [-0.15, -0.1) is 0 Å². The van der Waals surface area contributed by atoms with Gasteiger partial charge in [0.05, 0.1) is 0 Å². The lowest BCUT2D eigenvalue weighted by Gasteiger charge is -2.22. The van der Waals surface area contributed by atoms with E-state index in [0.717, 1.165) is 23.8 Å². The molecule has 0 bridgehead atoms. The number of fused-ring (bicyclic) bond motifs is 1. The van der Waals surface area contributed by atoms with Crippen LogP contribution in [-0.2, 0) is 6.42 Å². The third-order valence-electron chi connectivity index (χ3n) is 3.68. The highest BCUT2D eigenvalue weighted by Crippen LogP contribution is 2.33. The van der Waals surface area contributed by atoms with Crippen molar-refractivity contribution in [1.82, 2.24) is 5.32 Å². The van der Waals surface area contributed by atoms with Crippen molar-refractivity contribution in [1.29, 1.82) is 0 Å². The lowest BCUT2D eigenvalue weighted by Crippen LogP contribution is -2.29. The predicted octanol–water partition coefficient (Wildman–Crippen LogP) is 2.35. The predicted molar refractivity (Wildman–Crippen MR) is 66.5 cm³/mol. The van der Waals surface area contributed by atoms with Gasteiger partial charge in [-0.25, -0.2) is 0 Å². The quantitative estimate of drug-likeness (QED) is 0.869. The lowest BCUT2D eigenvalue weighted by molar-refractivity contribution is 0.174. The summed E-state index contributed by atoms with van der Waals surface area (Å²) in [5, 5.41) is 3.47. The molecule has 1 unspecified atom stereocenters. The monoisotopic (exact) mass is 233 g/mol. The minimum Gasteiger partial charge on any atom is -0.454 e. The zero-order chi connectivity index (χ0) is 11.5. The van der Waals surface area contributed by atoms with E-state index in [2.05, 4.69) is 17.4 Å². The van der Waals surface area contributed by atoms with E-state index in [1.54, 1.807) is 0 Å². The number of nitrogens with one attached hydrogen (secondary N) is 1. The lowest BCUT2D eigenvalue weighted by atomic mass is 9.93. The topological polar surface area (TPSA) is 30.5 Å². The molecule has 3 rings (SSSR count). The Bertz CT molecular complexity index is 386. The first-order valence-electron chi connectivity index (χ1n) is 6.51. The van der Waals surface area contributed by atoms with Crippen LogP contribution in [-0.4, -0.2) is 19.9 Å². The molecule has 0 saturated carbocycles. The number of hydrogen-bond donors (Lipinski definition) is 1. The molecule has 2 aliphatic rings. The molecule has 0 amide bonds. The molecule has 92 valence electrons. The van der Waals surface area contributed by atoms with Gasteiger partial charge >= 0.3 is 0 Å². The molecule has 2 heterocycles. The molecule has 0 radical (unpaired) electrons. The van der Waals surface area contributed by atoms with Crippen molar-refractivity contribution in [3.63, 3.8) is 0 Å². The van der Waals surface area contributed by atoms with Crippen molar-refractivity contribution in [2.75, 3.05) is 19.9 Å². The van der Waals surface area contributed by atoms with Crippen molar-refractivity contribution in [3.05, 3.63) is 23.8 Å². The van der Waals surface area contributed by atoms with E-state index in [0.29, 0.717) is 6.79 Å². The van der Waals surface area contributed by atoms with Crippen LogP contribution in [0.15, 0.2) is 18.2 Å². The third kappa shape index (κ3) is 2.55. The molecule has 2 aliphatic heterocycles. The number of ether oxygens (including phenoxy) is 2. The van der Waals surface area contributed by atoms with Crippen LogP contribution >= 0.6 is 0 Å². The summed E-state index contributed by atoms with van der Waals surface area (Å²) in [6.45, 7) is 2.75. The molecule has 1 fully saturated rings. The van der Waals surface area contributed by atoms with Gasteiger partial charge < -0.3 is 14.8 Å². The second kappa shape index (κ2) is 4.96. The Labute approximate surface area is 102 Å². The highest BCUT2D eigenvalue weighted by molar-refractivity contribution is 5.44. The Hall–Kier alpha value is -1.22. The van der Waals surface area contributed by atoms with E-state index < -0.39 is 0 Å². The van der Waals surface area contributed by atoms with Crippen molar-refractivity contribution < 1.29 is 9.47 Å². The largest absolute Gasteiger partial charge is 0.454 e. The Morgan fingerprint density at radius 3 is 3.06 bits per heavy atom. The molecule has 0 spiro atoms. The van der Waals surface area contributed by atoms with E-state index in [1.165, 1.54) is 37.9 Å². The maximum absolute atomic E-state index is 5.40. The highest BCUT2D eigenvalue weighted by atomic mass is 16.7. The van der Waals surface area contributed by atoms with Gasteiger partial charge in [0, 0.05) is 0 Å². The fourth-order valence-corrected chi connectivity index (χ4v) is 2.64. The second-order valence-electron chi connectivity index (χ2n) is 4.94. The summed E-state index contributed by atoms with van der Waals surface area (Å²) in [5.41, 5.74) is 1.36. The molecule has 1 N–H and O–H groups in total. The zero-order valence-electron chi connectivity index (χ0n) is 10.1. The first-order valence-corrected chi connectivity index (χ1v) is 6.51. The van der Waals surface area contributed by atoms with E-state index in [9.17, 15) is 0 Å². The van der Waals surface area contributed by atoms with Crippen molar-refractivity contribution in [2.24, 2.45) is 5.92 Å². The van der Waals surface area contributed by atoms with Crippen molar-refractivity contribution in [2.45, 2.75) is 25.7 Å². The van der Waals surface area contributed by atoms with Gasteiger partial charge in [0.15, 0.2) is 11.5 Å². The van der Waals surface area contributed by atoms with Crippen LogP contribution in [0.1, 0.15) is 24.8 Å². The zero-order valence-corrected chi connectivity index (χ0v) is 10.1. The van der Waals surface area contributed by atoms with E-state index in [4.69, 9.17) is 9.47 Å². The third-order valence-corrected chi connectivity index (χ3v) is 3.68. The summed E-state index contributed by atoms with van der Waals surface area (Å²) >= 11 is 0. The minimum absolute atomic E-state index is 0.366. The standard InChI is InChI=1S/C14H19NO2/c1-2-12(9-15-7-1)4-3-11-5-6-13-14(8-11)17-10-16-13/h5-6,8,12,15H,1-4,7,9-10H2. The maximum Gasteiger partial charge on any atom is 0.231 e. The fourth-order valence-electron chi connectivity index (χ4n) is 2.64. The second-order valence-corrected chi connectivity index (χ2v) is 4.94. The van der Waals surface area contributed by atoms with Crippen LogP contribution in [0.3, 0.4) is 0 Å². The Morgan fingerprint density at radius 1 is 1.24 bits per heavy atom. The van der Waals surface area contributed by atoms with Crippen LogP contribution in [0.2, 0.25) is 0 Å². The van der Waals surface area contributed by atoms with Gasteiger partial charge in [-0.1, -0.05) is 6.07 Å². The fraction of sp³-hybridized carbons (Fsp3) is 0.571. The van der Waals surface area contributed by atoms with Crippen molar-refractivity contribution in [3.8, 4) is 11.5 Å². The first kappa shape index (κ1) is 10.9.